The third-order valence-electron chi connectivity index (χ3n) is 3.69. The van der Waals surface area contributed by atoms with Gasteiger partial charge in [-0.2, -0.15) is 4.68 Å². The van der Waals surface area contributed by atoms with Gasteiger partial charge in [-0.1, -0.05) is 37.3 Å². The number of nitrogens with zero attached hydrogens (tertiary/aromatic N) is 5. The van der Waals surface area contributed by atoms with Gasteiger partial charge in [-0.3, -0.25) is 0 Å². The van der Waals surface area contributed by atoms with Crippen LogP contribution < -0.4 is 4.90 Å². The Morgan fingerprint density at radius 2 is 1.78 bits per heavy atom. The first-order chi connectivity index (χ1) is 11.3. The SMILES string of the molecule is CCc1ccc(-n2nnnc2C=CN(C)c2ccccc2)cc1. The molecule has 3 aromatic rings. The van der Waals surface area contributed by atoms with E-state index in [-0.39, 0.29) is 0 Å². The molecule has 116 valence electrons. The first kappa shape index (κ1) is 15.0. The highest BCUT2D eigenvalue weighted by atomic mass is 15.5. The van der Waals surface area contributed by atoms with Gasteiger partial charge >= 0.3 is 0 Å². The summed E-state index contributed by atoms with van der Waals surface area (Å²) in [4.78, 5) is 2.03. The fraction of sp³-hybridized carbons (Fsp3) is 0.167. The smallest absolute Gasteiger partial charge is 0.181 e. The van der Waals surface area contributed by atoms with Crippen molar-refractivity contribution in [2.45, 2.75) is 13.3 Å². The molecular weight excluding hydrogens is 286 g/mol. The van der Waals surface area contributed by atoms with Crippen LogP contribution in [-0.2, 0) is 6.42 Å². The van der Waals surface area contributed by atoms with E-state index in [0.29, 0.717) is 5.82 Å². The Kier molecular flexibility index (Phi) is 4.47. The van der Waals surface area contributed by atoms with Gasteiger partial charge in [-0.05, 0) is 46.7 Å². The van der Waals surface area contributed by atoms with Gasteiger partial charge in [-0.25, -0.2) is 0 Å². The highest BCUT2D eigenvalue weighted by Gasteiger charge is 2.05. The molecule has 0 unspecified atom stereocenters. The molecule has 0 aliphatic heterocycles. The second kappa shape index (κ2) is 6.87. The number of hydrogen-bond acceptors (Lipinski definition) is 4. The zero-order valence-electron chi connectivity index (χ0n) is 13.3. The monoisotopic (exact) mass is 305 g/mol. The van der Waals surface area contributed by atoms with Crippen LogP contribution >= 0.6 is 0 Å². The van der Waals surface area contributed by atoms with Crippen LogP contribution in [0.2, 0.25) is 0 Å². The lowest BCUT2D eigenvalue weighted by molar-refractivity contribution is 0.786. The third kappa shape index (κ3) is 3.45. The Hall–Kier alpha value is -2.95. The van der Waals surface area contributed by atoms with Crippen LogP contribution in [0.25, 0.3) is 11.8 Å². The molecular formula is C18H19N5. The molecule has 0 aliphatic rings. The predicted molar refractivity (Wildman–Crippen MR) is 92.4 cm³/mol. The summed E-state index contributed by atoms with van der Waals surface area (Å²) >= 11 is 0. The van der Waals surface area contributed by atoms with Gasteiger partial charge in [-0.15, -0.1) is 5.10 Å². The van der Waals surface area contributed by atoms with Crippen molar-refractivity contribution in [3.05, 3.63) is 72.2 Å². The molecule has 0 spiro atoms. The average molecular weight is 305 g/mol. The van der Waals surface area contributed by atoms with E-state index < -0.39 is 0 Å². The van der Waals surface area contributed by atoms with E-state index in [9.17, 15) is 0 Å². The van der Waals surface area contributed by atoms with E-state index in [1.807, 2.05) is 54.6 Å². The molecule has 5 nitrogen and oxygen atoms in total. The standard InChI is InChI=1S/C18H19N5/c1-3-15-9-11-17(12-10-15)23-18(19-20-21-23)13-14-22(2)16-7-5-4-6-8-16/h4-14H,3H2,1-2H3. The molecule has 0 aliphatic carbocycles. The molecule has 0 amide bonds. The number of hydrogen-bond donors (Lipinski definition) is 0. The van der Waals surface area contributed by atoms with Crippen LogP contribution in [-0.4, -0.2) is 27.3 Å². The molecule has 23 heavy (non-hydrogen) atoms. The van der Waals surface area contributed by atoms with E-state index >= 15 is 0 Å². The summed E-state index contributed by atoms with van der Waals surface area (Å²) in [5, 5.41) is 12.0. The van der Waals surface area contributed by atoms with Crippen molar-refractivity contribution in [3.8, 4) is 5.69 Å². The van der Waals surface area contributed by atoms with Crippen molar-refractivity contribution >= 4 is 11.8 Å². The van der Waals surface area contributed by atoms with Crippen LogP contribution in [0, 0.1) is 0 Å². The molecule has 0 saturated heterocycles. The highest BCUT2D eigenvalue weighted by molar-refractivity contribution is 5.54. The van der Waals surface area contributed by atoms with Crippen molar-refractivity contribution < 1.29 is 0 Å². The third-order valence-corrected chi connectivity index (χ3v) is 3.69. The van der Waals surface area contributed by atoms with Crippen LogP contribution in [0.5, 0.6) is 0 Å². The van der Waals surface area contributed by atoms with E-state index in [1.54, 1.807) is 4.68 Å². The average Bonchev–Trinajstić information content (AvgIpc) is 3.09. The van der Waals surface area contributed by atoms with E-state index in [2.05, 4.69) is 46.7 Å². The Bertz CT molecular complexity index is 775. The number of aryl methyl sites for hydroxylation is 1. The first-order valence-corrected chi connectivity index (χ1v) is 7.61. The summed E-state index contributed by atoms with van der Waals surface area (Å²) in [6.45, 7) is 2.14. The minimum Gasteiger partial charge on any atom is -0.351 e. The fourth-order valence-corrected chi connectivity index (χ4v) is 2.28. The number of rotatable bonds is 5. The Labute approximate surface area is 135 Å². The number of benzene rings is 2. The topological polar surface area (TPSA) is 46.8 Å². The molecule has 0 atom stereocenters. The Morgan fingerprint density at radius 1 is 1.04 bits per heavy atom. The lowest BCUT2D eigenvalue weighted by atomic mass is 10.1. The number of aromatic nitrogens is 4. The van der Waals surface area contributed by atoms with Gasteiger partial charge in [0.1, 0.15) is 0 Å². The largest absolute Gasteiger partial charge is 0.351 e. The normalized spacial score (nSPS) is 11.0. The molecule has 1 heterocycles. The van der Waals surface area contributed by atoms with Gasteiger partial charge < -0.3 is 4.90 Å². The van der Waals surface area contributed by atoms with E-state index in [0.717, 1.165) is 17.8 Å². The van der Waals surface area contributed by atoms with Crippen molar-refractivity contribution in [3.63, 3.8) is 0 Å². The summed E-state index contributed by atoms with van der Waals surface area (Å²) in [5.41, 5.74) is 3.35. The minimum absolute atomic E-state index is 0.692. The zero-order chi connectivity index (χ0) is 16.1. The maximum atomic E-state index is 4.09. The molecule has 0 bridgehead atoms. The van der Waals surface area contributed by atoms with Crippen molar-refractivity contribution in [2.24, 2.45) is 0 Å². The molecule has 5 heteroatoms. The molecule has 0 N–H and O–H groups in total. The van der Waals surface area contributed by atoms with Crippen LogP contribution in [0.3, 0.4) is 0 Å². The summed E-state index contributed by atoms with van der Waals surface area (Å²) in [6.07, 6.45) is 4.88. The quantitative estimate of drug-likeness (QED) is 0.725. The lowest BCUT2D eigenvalue weighted by Crippen LogP contribution is -2.08. The first-order valence-electron chi connectivity index (χ1n) is 7.61. The van der Waals surface area contributed by atoms with Crippen LogP contribution in [0.4, 0.5) is 5.69 Å². The van der Waals surface area contributed by atoms with Crippen LogP contribution in [0.15, 0.2) is 60.8 Å². The van der Waals surface area contributed by atoms with Crippen molar-refractivity contribution in [2.75, 3.05) is 11.9 Å². The van der Waals surface area contributed by atoms with Gasteiger partial charge in [0, 0.05) is 25.0 Å². The predicted octanol–water partition coefficient (Wildman–Crippen LogP) is 3.33. The Balaban J connectivity index is 1.82. The van der Waals surface area contributed by atoms with Crippen LogP contribution in [0.1, 0.15) is 18.3 Å². The van der Waals surface area contributed by atoms with E-state index in [1.165, 1.54) is 5.56 Å². The van der Waals surface area contributed by atoms with Crippen molar-refractivity contribution in [1.82, 2.24) is 20.2 Å². The maximum absolute atomic E-state index is 4.09. The molecule has 1 aromatic heterocycles. The number of tetrazole rings is 1. The van der Waals surface area contributed by atoms with Gasteiger partial charge in [0.15, 0.2) is 5.82 Å². The van der Waals surface area contributed by atoms with Gasteiger partial charge in [0.05, 0.1) is 5.69 Å². The summed E-state index contributed by atoms with van der Waals surface area (Å²) in [7, 11) is 2.00. The summed E-state index contributed by atoms with van der Waals surface area (Å²) < 4.78 is 1.73. The summed E-state index contributed by atoms with van der Waals surface area (Å²) in [5.74, 6) is 0.692. The zero-order valence-corrected chi connectivity index (χ0v) is 13.3. The maximum Gasteiger partial charge on any atom is 0.181 e. The highest BCUT2D eigenvalue weighted by Crippen LogP contribution is 2.14. The summed E-state index contributed by atoms with van der Waals surface area (Å²) in [6, 6.07) is 18.4. The number of para-hydroxylation sites is 1. The molecule has 2 aromatic carbocycles. The molecule has 3 rings (SSSR count). The van der Waals surface area contributed by atoms with Gasteiger partial charge in [0.25, 0.3) is 0 Å². The van der Waals surface area contributed by atoms with Gasteiger partial charge in [0.2, 0.25) is 0 Å². The minimum atomic E-state index is 0.692. The van der Waals surface area contributed by atoms with Crippen molar-refractivity contribution in [1.29, 1.82) is 0 Å². The molecule has 0 radical (unpaired) electrons. The Morgan fingerprint density at radius 3 is 2.48 bits per heavy atom. The fourth-order valence-electron chi connectivity index (χ4n) is 2.28. The second-order valence-electron chi connectivity index (χ2n) is 5.23. The van der Waals surface area contributed by atoms with E-state index in [4.69, 9.17) is 0 Å². The second-order valence-corrected chi connectivity index (χ2v) is 5.23. The number of anilines is 1. The lowest BCUT2D eigenvalue weighted by Gasteiger charge is -2.13. The molecule has 0 fully saturated rings. The molecule has 0 saturated carbocycles.